The molecule has 0 spiro atoms. The van der Waals surface area contributed by atoms with Crippen LogP contribution in [-0.2, 0) is 20.1 Å². The van der Waals surface area contributed by atoms with Crippen LogP contribution in [0, 0.1) is 6.92 Å². The first-order valence-corrected chi connectivity index (χ1v) is 6.15. The standard InChI is InChI=1S/C12H18N6O/c1-4-18-8-11(9(2)16-18)15-12(19)13-5-10-6-14-17(3)7-10/h6-8H,4-5H2,1-3H3,(H2,13,15,19). The fourth-order valence-corrected chi connectivity index (χ4v) is 1.71. The summed E-state index contributed by atoms with van der Waals surface area (Å²) in [6.45, 7) is 5.09. The maximum atomic E-state index is 11.8. The summed E-state index contributed by atoms with van der Waals surface area (Å²) >= 11 is 0. The molecule has 0 saturated heterocycles. The molecule has 0 aliphatic heterocycles. The Morgan fingerprint density at radius 1 is 1.42 bits per heavy atom. The summed E-state index contributed by atoms with van der Waals surface area (Å²) in [6, 6.07) is -0.248. The Hall–Kier alpha value is -2.31. The Morgan fingerprint density at radius 2 is 2.21 bits per heavy atom. The van der Waals surface area contributed by atoms with Gasteiger partial charge in [-0.15, -0.1) is 0 Å². The van der Waals surface area contributed by atoms with E-state index < -0.39 is 0 Å². The van der Waals surface area contributed by atoms with Crippen molar-refractivity contribution in [2.24, 2.45) is 7.05 Å². The predicted octanol–water partition coefficient (Wildman–Crippen LogP) is 1.27. The number of urea groups is 1. The van der Waals surface area contributed by atoms with E-state index in [1.54, 1.807) is 15.6 Å². The summed E-state index contributed by atoms with van der Waals surface area (Å²) in [5, 5.41) is 13.9. The van der Waals surface area contributed by atoms with E-state index in [4.69, 9.17) is 0 Å². The Bertz CT molecular complexity index is 571. The lowest BCUT2D eigenvalue weighted by molar-refractivity contribution is 0.251. The Kier molecular flexibility index (Phi) is 3.84. The highest BCUT2D eigenvalue weighted by molar-refractivity contribution is 5.89. The zero-order valence-electron chi connectivity index (χ0n) is 11.3. The van der Waals surface area contributed by atoms with Crippen LogP contribution in [0.2, 0.25) is 0 Å². The van der Waals surface area contributed by atoms with Gasteiger partial charge in [0.1, 0.15) is 0 Å². The molecule has 7 heteroatoms. The van der Waals surface area contributed by atoms with Gasteiger partial charge < -0.3 is 10.6 Å². The fourth-order valence-electron chi connectivity index (χ4n) is 1.71. The second-order valence-electron chi connectivity index (χ2n) is 4.31. The second-order valence-corrected chi connectivity index (χ2v) is 4.31. The van der Waals surface area contributed by atoms with Crippen LogP contribution in [0.3, 0.4) is 0 Å². The van der Waals surface area contributed by atoms with Crippen LogP contribution in [0.25, 0.3) is 0 Å². The number of aryl methyl sites for hydroxylation is 3. The van der Waals surface area contributed by atoms with Gasteiger partial charge in [0.2, 0.25) is 0 Å². The van der Waals surface area contributed by atoms with Gasteiger partial charge in [-0.05, 0) is 13.8 Å². The van der Waals surface area contributed by atoms with Gasteiger partial charge in [-0.3, -0.25) is 9.36 Å². The van der Waals surface area contributed by atoms with Crippen LogP contribution < -0.4 is 10.6 Å². The van der Waals surface area contributed by atoms with E-state index >= 15 is 0 Å². The molecule has 0 aliphatic carbocycles. The minimum absolute atomic E-state index is 0.248. The molecule has 7 nitrogen and oxygen atoms in total. The highest BCUT2D eigenvalue weighted by Gasteiger charge is 2.08. The van der Waals surface area contributed by atoms with Crippen molar-refractivity contribution in [3.05, 3.63) is 29.8 Å². The molecule has 102 valence electrons. The Labute approximate surface area is 111 Å². The molecule has 0 saturated carbocycles. The van der Waals surface area contributed by atoms with Crippen LogP contribution in [-0.4, -0.2) is 25.6 Å². The zero-order valence-corrected chi connectivity index (χ0v) is 11.3. The number of hydrogen-bond acceptors (Lipinski definition) is 3. The highest BCUT2D eigenvalue weighted by atomic mass is 16.2. The number of nitrogens with one attached hydrogen (secondary N) is 2. The van der Waals surface area contributed by atoms with Gasteiger partial charge in [-0.1, -0.05) is 0 Å². The Balaban J connectivity index is 1.88. The average molecular weight is 262 g/mol. The molecule has 19 heavy (non-hydrogen) atoms. The lowest BCUT2D eigenvalue weighted by Crippen LogP contribution is -2.28. The third kappa shape index (κ3) is 3.34. The largest absolute Gasteiger partial charge is 0.334 e. The lowest BCUT2D eigenvalue weighted by atomic mass is 10.3. The molecule has 0 aliphatic rings. The number of nitrogens with zero attached hydrogens (tertiary/aromatic N) is 4. The van der Waals surface area contributed by atoms with Crippen LogP contribution in [0.15, 0.2) is 18.6 Å². The van der Waals surface area contributed by atoms with Crippen molar-refractivity contribution in [1.29, 1.82) is 0 Å². The van der Waals surface area contributed by atoms with Crippen molar-refractivity contribution in [3.8, 4) is 0 Å². The van der Waals surface area contributed by atoms with Crippen LogP contribution in [0.4, 0.5) is 10.5 Å². The zero-order chi connectivity index (χ0) is 13.8. The fraction of sp³-hybridized carbons (Fsp3) is 0.417. The molecule has 0 atom stereocenters. The van der Waals surface area contributed by atoms with E-state index in [2.05, 4.69) is 20.8 Å². The second kappa shape index (κ2) is 5.55. The van der Waals surface area contributed by atoms with E-state index in [0.29, 0.717) is 6.54 Å². The number of anilines is 1. The summed E-state index contributed by atoms with van der Waals surface area (Å²) < 4.78 is 3.48. The summed E-state index contributed by atoms with van der Waals surface area (Å²) in [5.74, 6) is 0. The first-order chi connectivity index (χ1) is 9.08. The van der Waals surface area contributed by atoms with Crippen LogP contribution in [0.1, 0.15) is 18.2 Å². The minimum atomic E-state index is -0.248. The van der Waals surface area contributed by atoms with E-state index in [1.807, 2.05) is 33.3 Å². The molecule has 0 aromatic carbocycles. The van der Waals surface area contributed by atoms with E-state index in [0.717, 1.165) is 23.5 Å². The highest BCUT2D eigenvalue weighted by Crippen LogP contribution is 2.11. The molecule has 2 heterocycles. The monoisotopic (exact) mass is 262 g/mol. The number of amides is 2. The smallest absolute Gasteiger partial charge is 0.319 e. The number of aromatic nitrogens is 4. The maximum absolute atomic E-state index is 11.8. The minimum Gasteiger partial charge on any atom is -0.334 e. The first kappa shape index (κ1) is 13.1. The van der Waals surface area contributed by atoms with Crippen molar-refractivity contribution in [2.45, 2.75) is 26.9 Å². The molecule has 0 unspecified atom stereocenters. The molecular formula is C12H18N6O. The molecular weight excluding hydrogens is 244 g/mol. The van der Waals surface area contributed by atoms with Gasteiger partial charge in [-0.25, -0.2) is 4.79 Å². The third-order valence-corrected chi connectivity index (χ3v) is 2.73. The molecule has 2 N–H and O–H groups in total. The van der Waals surface area contributed by atoms with Crippen LogP contribution in [0.5, 0.6) is 0 Å². The SMILES string of the molecule is CCn1cc(NC(=O)NCc2cnn(C)c2)c(C)n1. The molecule has 0 fully saturated rings. The van der Waals surface area contributed by atoms with Crippen molar-refractivity contribution in [1.82, 2.24) is 24.9 Å². The van der Waals surface area contributed by atoms with Crippen molar-refractivity contribution >= 4 is 11.7 Å². The van der Waals surface area contributed by atoms with Crippen LogP contribution >= 0.6 is 0 Å². The van der Waals surface area contributed by atoms with E-state index in [9.17, 15) is 4.79 Å². The molecule has 0 bridgehead atoms. The van der Waals surface area contributed by atoms with Gasteiger partial charge >= 0.3 is 6.03 Å². The summed E-state index contributed by atoms with van der Waals surface area (Å²) in [4.78, 5) is 11.8. The van der Waals surface area contributed by atoms with Gasteiger partial charge in [0.05, 0.1) is 17.6 Å². The maximum Gasteiger partial charge on any atom is 0.319 e. The van der Waals surface area contributed by atoms with Crippen molar-refractivity contribution in [2.75, 3.05) is 5.32 Å². The number of carbonyl (C=O) groups is 1. The number of rotatable bonds is 4. The summed E-state index contributed by atoms with van der Waals surface area (Å²) in [7, 11) is 1.84. The molecule has 2 aromatic heterocycles. The third-order valence-electron chi connectivity index (χ3n) is 2.73. The van der Waals surface area contributed by atoms with Crippen molar-refractivity contribution in [3.63, 3.8) is 0 Å². The molecule has 2 rings (SSSR count). The van der Waals surface area contributed by atoms with Gasteiger partial charge in [0, 0.05) is 38.1 Å². The summed E-state index contributed by atoms with van der Waals surface area (Å²) in [5.41, 5.74) is 2.49. The molecule has 0 radical (unpaired) electrons. The van der Waals surface area contributed by atoms with E-state index in [-0.39, 0.29) is 6.03 Å². The molecule has 2 aromatic rings. The quantitative estimate of drug-likeness (QED) is 0.871. The average Bonchev–Trinajstić information content (AvgIpc) is 2.94. The first-order valence-electron chi connectivity index (χ1n) is 6.15. The van der Waals surface area contributed by atoms with Gasteiger partial charge in [-0.2, -0.15) is 10.2 Å². The Morgan fingerprint density at radius 3 is 2.79 bits per heavy atom. The predicted molar refractivity (Wildman–Crippen MR) is 71.7 cm³/mol. The molecule has 2 amide bonds. The summed E-state index contributed by atoms with van der Waals surface area (Å²) in [6.07, 6.45) is 5.40. The van der Waals surface area contributed by atoms with Gasteiger partial charge in [0.15, 0.2) is 0 Å². The normalized spacial score (nSPS) is 10.5. The van der Waals surface area contributed by atoms with Crippen molar-refractivity contribution < 1.29 is 4.79 Å². The number of hydrogen-bond donors (Lipinski definition) is 2. The van der Waals surface area contributed by atoms with Gasteiger partial charge in [0.25, 0.3) is 0 Å². The van der Waals surface area contributed by atoms with E-state index in [1.165, 1.54) is 0 Å². The lowest BCUT2D eigenvalue weighted by Gasteiger charge is -2.05. The number of carbonyl (C=O) groups excluding carboxylic acids is 1. The topological polar surface area (TPSA) is 76.8 Å².